The molecule has 0 heterocycles. The molecule has 0 bridgehead atoms. The fourth-order valence-electron chi connectivity index (χ4n) is 2.78. The van der Waals surface area contributed by atoms with E-state index in [2.05, 4.69) is 16.0 Å². The molecule has 0 fully saturated rings. The van der Waals surface area contributed by atoms with E-state index in [4.69, 9.17) is 11.5 Å². The van der Waals surface area contributed by atoms with Gasteiger partial charge < -0.3 is 32.5 Å². The lowest BCUT2D eigenvalue weighted by Crippen LogP contribution is -2.59. The van der Waals surface area contributed by atoms with Crippen molar-refractivity contribution in [3.8, 4) is 0 Å². The highest BCUT2D eigenvalue weighted by Crippen LogP contribution is 2.11. The summed E-state index contributed by atoms with van der Waals surface area (Å²) in [7, 11) is 0. The second-order valence-electron chi connectivity index (χ2n) is 8.07. The van der Waals surface area contributed by atoms with E-state index in [1.165, 1.54) is 6.92 Å². The van der Waals surface area contributed by atoms with Crippen molar-refractivity contribution in [1.29, 1.82) is 0 Å². The Hall–Kier alpha value is -2.20. The smallest absolute Gasteiger partial charge is 0.326 e. The minimum atomic E-state index is -1.14. The van der Waals surface area contributed by atoms with E-state index in [1.807, 2.05) is 13.8 Å². The van der Waals surface area contributed by atoms with Gasteiger partial charge in [-0.05, 0) is 44.6 Å². The predicted octanol–water partition coefficient (Wildman–Crippen LogP) is -0.296. The first kappa shape index (κ1) is 27.8. The molecular formula is C20H39N5O5. The maximum Gasteiger partial charge on any atom is 0.326 e. The monoisotopic (exact) mass is 429 g/mol. The lowest BCUT2D eigenvalue weighted by atomic mass is 9.96. The third kappa shape index (κ3) is 9.53. The highest BCUT2D eigenvalue weighted by atomic mass is 16.4. The van der Waals surface area contributed by atoms with Crippen LogP contribution in [-0.4, -0.2) is 59.5 Å². The first-order chi connectivity index (χ1) is 14.0. The van der Waals surface area contributed by atoms with Gasteiger partial charge in [-0.2, -0.15) is 0 Å². The molecule has 0 aliphatic rings. The molecule has 0 spiro atoms. The molecule has 30 heavy (non-hydrogen) atoms. The lowest BCUT2D eigenvalue weighted by molar-refractivity contribution is -0.143. The zero-order chi connectivity index (χ0) is 23.4. The SMILES string of the molecule is CCC(C)C(NC(=O)C(C)N)C(=O)NC(C(=O)NC(CCCCN)C(=O)O)C(C)C. The van der Waals surface area contributed by atoms with E-state index >= 15 is 0 Å². The molecule has 0 saturated heterocycles. The average molecular weight is 430 g/mol. The summed E-state index contributed by atoms with van der Waals surface area (Å²) in [6.07, 6.45) is 2.08. The number of aliphatic carboxylic acids is 1. The molecule has 0 radical (unpaired) electrons. The lowest BCUT2D eigenvalue weighted by Gasteiger charge is -2.29. The highest BCUT2D eigenvalue weighted by Gasteiger charge is 2.33. The minimum Gasteiger partial charge on any atom is -0.480 e. The molecule has 8 N–H and O–H groups in total. The van der Waals surface area contributed by atoms with E-state index in [0.29, 0.717) is 25.8 Å². The Bertz CT molecular complexity index is 582. The van der Waals surface area contributed by atoms with Crippen LogP contribution in [0, 0.1) is 11.8 Å². The molecule has 0 aromatic heterocycles. The summed E-state index contributed by atoms with van der Waals surface area (Å²) in [5, 5.41) is 17.2. The van der Waals surface area contributed by atoms with Gasteiger partial charge in [-0.1, -0.05) is 34.1 Å². The van der Waals surface area contributed by atoms with E-state index in [0.717, 1.165) is 0 Å². The fraction of sp³-hybridized carbons (Fsp3) is 0.800. The van der Waals surface area contributed by atoms with Gasteiger partial charge in [0, 0.05) is 0 Å². The summed E-state index contributed by atoms with van der Waals surface area (Å²) in [5.74, 6) is -3.19. The maximum atomic E-state index is 12.9. The molecule has 0 aromatic rings. The number of amides is 3. The molecule has 0 aromatic carbocycles. The second-order valence-corrected chi connectivity index (χ2v) is 8.07. The molecule has 5 atom stereocenters. The van der Waals surface area contributed by atoms with Crippen LogP contribution in [0.15, 0.2) is 0 Å². The van der Waals surface area contributed by atoms with Crippen LogP contribution < -0.4 is 27.4 Å². The molecule has 10 nitrogen and oxygen atoms in total. The number of nitrogens with two attached hydrogens (primary N) is 2. The van der Waals surface area contributed by atoms with Gasteiger partial charge in [-0.25, -0.2) is 4.79 Å². The molecule has 0 aliphatic heterocycles. The number of carbonyl (C=O) groups is 4. The normalized spacial score (nSPS) is 16.1. The van der Waals surface area contributed by atoms with Crippen molar-refractivity contribution >= 4 is 23.7 Å². The van der Waals surface area contributed by atoms with Crippen molar-refractivity contribution < 1.29 is 24.3 Å². The Labute approximate surface area is 178 Å². The van der Waals surface area contributed by atoms with Gasteiger partial charge in [0.05, 0.1) is 6.04 Å². The topological polar surface area (TPSA) is 177 Å². The number of carboxylic acid groups (broad SMARTS) is 1. The highest BCUT2D eigenvalue weighted by molar-refractivity contribution is 5.94. The molecular weight excluding hydrogens is 390 g/mol. The van der Waals surface area contributed by atoms with Gasteiger partial charge in [-0.15, -0.1) is 0 Å². The number of nitrogens with one attached hydrogen (secondary N) is 3. The van der Waals surface area contributed by atoms with Crippen LogP contribution in [0.25, 0.3) is 0 Å². The van der Waals surface area contributed by atoms with Crippen LogP contribution in [0.5, 0.6) is 0 Å². The fourth-order valence-corrected chi connectivity index (χ4v) is 2.78. The molecule has 3 amide bonds. The third-order valence-electron chi connectivity index (χ3n) is 5.02. The van der Waals surface area contributed by atoms with Gasteiger partial charge in [-0.3, -0.25) is 14.4 Å². The first-order valence-electron chi connectivity index (χ1n) is 10.6. The van der Waals surface area contributed by atoms with Crippen molar-refractivity contribution in [3.05, 3.63) is 0 Å². The molecule has 174 valence electrons. The Morgan fingerprint density at radius 1 is 0.867 bits per heavy atom. The van der Waals surface area contributed by atoms with Crippen LogP contribution in [0.4, 0.5) is 0 Å². The van der Waals surface area contributed by atoms with E-state index in [1.54, 1.807) is 13.8 Å². The zero-order valence-corrected chi connectivity index (χ0v) is 18.7. The number of rotatable bonds is 14. The summed E-state index contributed by atoms with van der Waals surface area (Å²) < 4.78 is 0. The number of carboxylic acids is 1. The molecule has 0 saturated carbocycles. The summed E-state index contributed by atoms with van der Waals surface area (Å²) in [5.41, 5.74) is 11.0. The minimum absolute atomic E-state index is 0.188. The summed E-state index contributed by atoms with van der Waals surface area (Å²) in [4.78, 5) is 49.1. The summed E-state index contributed by atoms with van der Waals surface area (Å²) in [6, 6.07) is -3.65. The van der Waals surface area contributed by atoms with Gasteiger partial charge in [0.25, 0.3) is 0 Å². The molecule has 0 aliphatic carbocycles. The molecule has 0 rings (SSSR count). The van der Waals surface area contributed by atoms with Gasteiger partial charge in [0.2, 0.25) is 17.7 Å². The second kappa shape index (κ2) is 13.9. The van der Waals surface area contributed by atoms with Crippen molar-refractivity contribution in [1.82, 2.24) is 16.0 Å². The maximum absolute atomic E-state index is 12.9. The van der Waals surface area contributed by atoms with Crippen LogP contribution >= 0.6 is 0 Å². The van der Waals surface area contributed by atoms with E-state index < -0.39 is 47.9 Å². The standard InChI is InChI=1S/C20H39N5O5/c1-6-12(4)16(25-17(26)13(5)22)19(28)24-15(11(2)3)18(27)23-14(20(29)30)9-7-8-10-21/h11-16H,6-10,21-22H2,1-5H3,(H,23,27)(H,24,28)(H,25,26)(H,29,30). The van der Waals surface area contributed by atoms with Crippen LogP contribution in [0.2, 0.25) is 0 Å². The van der Waals surface area contributed by atoms with Crippen LogP contribution in [0.3, 0.4) is 0 Å². The third-order valence-corrected chi connectivity index (χ3v) is 5.02. The molecule has 10 heteroatoms. The van der Waals surface area contributed by atoms with E-state index in [-0.39, 0.29) is 18.3 Å². The quantitative estimate of drug-likeness (QED) is 0.205. The first-order valence-corrected chi connectivity index (χ1v) is 10.6. The predicted molar refractivity (Wildman–Crippen MR) is 114 cm³/mol. The zero-order valence-electron chi connectivity index (χ0n) is 18.7. The molecule has 5 unspecified atom stereocenters. The number of unbranched alkanes of at least 4 members (excludes halogenated alkanes) is 1. The van der Waals surface area contributed by atoms with E-state index in [9.17, 15) is 24.3 Å². The van der Waals surface area contributed by atoms with Crippen molar-refractivity contribution in [3.63, 3.8) is 0 Å². The van der Waals surface area contributed by atoms with Gasteiger partial charge >= 0.3 is 5.97 Å². The van der Waals surface area contributed by atoms with Crippen molar-refractivity contribution in [2.45, 2.75) is 84.5 Å². The Balaban J connectivity index is 5.32. The van der Waals surface area contributed by atoms with Crippen molar-refractivity contribution in [2.24, 2.45) is 23.3 Å². The van der Waals surface area contributed by atoms with Crippen LogP contribution in [-0.2, 0) is 19.2 Å². The Morgan fingerprint density at radius 2 is 1.40 bits per heavy atom. The van der Waals surface area contributed by atoms with Crippen molar-refractivity contribution in [2.75, 3.05) is 6.54 Å². The summed E-state index contributed by atoms with van der Waals surface area (Å²) in [6.45, 7) is 9.14. The van der Waals surface area contributed by atoms with Crippen LogP contribution in [0.1, 0.15) is 60.3 Å². The average Bonchev–Trinajstić information content (AvgIpc) is 2.67. The number of hydrogen-bond acceptors (Lipinski definition) is 6. The number of carbonyl (C=O) groups excluding carboxylic acids is 3. The largest absolute Gasteiger partial charge is 0.480 e. The van der Waals surface area contributed by atoms with Gasteiger partial charge in [0.15, 0.2) is 0 Å². The van der Waals surface area contributed by atoms with Gasteiger partial charge in [0.1, 0.15) is 18.1 Å². The Kier molecular flexibility index (Phi) is 12.9. The Morgan fingerprint density at radius 3 is 1.83 bits per heavy atom. The summed E-state index contributed by atoms with van der Waals surface area (Å²) >= 11 is 0. The number of hydrogen-bond donors (Lipinski definition) is 6.